The summed E-state index contributed by atoms with van der Waals surface area (Å²) in [6.45, 7) is 5.86. The average Bonchev–Trinajstić information content (AvgIpc) is 2.83. The van der Waals surface area contributed by atoms with E-state index in [9.17, 15) is 9.59 Å². The molecule has 0 saturated carbocycles. The van der Waals surface area contributed by atoms with Crippen LogP contribution in [0.4, 0.5) is 15.4 Å². The number of nitrogens with one attached hydrogen (secondary N) is 1. The molecule has 19 heavy (non-hydrogen) atoms. The highest BCUT2D eigenvalue weighted by Crippen LogP contribution is 2.29. The summed E-state index contributed by atoms with van der Waals surface area (Å²) in [5.41, 5.74) is -0.241. The maximum Gasteiger partial charge on any atom is 0.388 e. The number of urea groups is 1. The number of carbonyl (C=O) groups excluding carboxylic acids is 2. The lowest BCUT2D eigenvalue weighted by Crippen LogP contribution is -2.34. The van der Waals surface area contributed by atoms with Gasteiger partial charge in [0.2, 0.25) is 0 Å². The van der Waals surface area contributed by atoms with E-state index in [2.05, 4.69) is 15.2 Å². The number of nitrogens with zero attached hydrogens (tertiary/aromatic N) is 2. The molecule has 8 heteroatoms. The van der Waals surface area contributed by atoms with E-state index < -0.39 is 11.3 Å². The van der Waals surface area contributed by atoms with Crippen LogP contribution >= 0.6 is 11.9 Å². The van der Waals surface area contributed by atoms with Gasteiger partial charge in [-0.1, -0.05) is 25.9 Å². The molecule has 0 spiro atoms. The van der Waals surface area contributed by atoms with Gasteiger partial charge in [-0.25, -0.2) is 13.9 Å². The zero-order valence-corrected chi connectivity index (χ0v) is 12.3. The minimum absolute atomic E-state index is 0.236. The van der Waals surface area contributed by atoms with Crippen molar-refractivity contribution in [3.05, 3.63) is 11.8 Å². The topological polar surface area (TPSA) is 84.7 Å². The lowest BCUT2D eigenvalue weighted by Gasteiger charge is -2.15. The summed E-state index contributed by atoms with van der Waals surface area (Å²) in [5.74, 6) is 0.849. The second-order valence-electron chi connectivity index (χ2n) is 4.69. The first kappa shape index (κ1) is 15.4. The molecule has 0 bridgehead atoms. The fourth-order valence-corrected chi connectivity index (χ4v) is 1.70. The van der Waals surface area contributed by atoms with Crippen LogP contribution < -0.4 is 9.62 Å². The maximum atomic E-state index is 11.7. The van der Waals surface area contributed by atoms with Crippen molar-refractivity contribution in [2.75, 3.05) is 18.5 Å². The van der Waals surface area contributed by atoms with E-state index in [4.69, 9.17) is 4.52 Å². The molecule has 1 N–H and O–H groups in total. The van der Waals surface area contributed by atoms with E-state index in [1.165, 1.54) is 14.2 Å². The summed E-state index contributed by atoms with van der Waals surface area (Å²) in [4.78, 5) is 23.0. The Hall–Kier alpha value is -1.70. The summed E-state index contributed by atoms with van der Waals surface area (Å²) in [7, 11) is 2.69. The largest absolute Gasteiger partial charge is 0.460 e. The molecule has 1 heterocycles. The van der Waals surface area contributed by atoms with Gasteiger partial charge in [-0.15, -0.1) is 0 Å². The van der Waals surface area contributed by atoms with Crippen molar-refractivity contribution >= 4 is 29.1 Å². The predicted molar refractivity (Wildman–Crippen MR) is 72.1 cm³/mol. The Morgan fingerprint density at radius 3 is 2.53 bits per heavy atom. The van der Waals surface area contributed by atoms with E-state index in [0.717, 1.165) is 4.31 Å². The third kappa shape index (κ3) is 3.88. The van der Waals surface area contributed by atoms with Crippen LogP contribution in [0.1, 0.15) is 26.5 Å². The molecule has 106 valence electrons. The Balaban J connectivity index is 3.01. The first-order valence-corrected chi connectivity index (χ1v) is 6.32. The van der Waals surface area contributed by atoms with Crippen LogP contribution in [-0.4, -0.2) is 30.6 Å². The Bertz CT molecular complexity index is 467. The summed E-state index contributed by atoms with van der Waals surface area (Å²) < 4.78 is 10.8. The van der Waals surface area contributed by atoms with Gasteiger partial charge in [0.1, 0.15) is 5.76 Å². The molecule has 0 aliphatic heterocycles. The highest BCUT2D eigenvalue weighted by Gasteiger charge is 2.27. The lowest BCUT2D eigenvalue weighted by atomic mass is 9.93. The molecular formula is C11H17N3O4S. The van der Waals surface area contributed by atoms with Crippen LogP contribution in [-0.2, 0) is 10.2 Å². The fourth-order valence-electron chi connectivity index (χ4n) is 1.12. The number of methoxy groups -OCH3 is 1. The summed E-state index contributed by atoms with van der Waals surface area (Å²) >= 11 is 0.592. The lowest BCUT2D eigenvalue weighted by molar-refractivity contribution is 0.200. The van der Waals surface area contributed by atoms with Gasteiger partial charge in [0.05, 0.1) is 19.1 Å². The molecule has 0 aliphatic rings. The van der Waals surface area contributed by atoms with Crippen molar-refractivity contribution < 1.29 is 18.8 Å². The van der Waals surface area contributed by atoms with Crippen molar-refractivity contribution in [3.63, 3.8) is 0 Å². The number of rotatable bonds is 1. The van der Waals surface area contributed by atoms with Gasteiger partial charge in [-0.05, 0) is 0 Å². The zero-order valence-electron chi connectivity index (χ0n) is 11.5. The van der Waals surface area contributed by atoms with Crippen molar-refractivity contribution in [2.45, 2.75) is 26.2 Å². The predicted octanol–water partition coefficient (Wildman–Crippen LogP) is 2.53. The first-order chi connectivity index (χ1) is 8.79. The molecule has 0 unspecified atom stereocenters. The number of ether oxygens (including phenoxy) is 1. The van der Waals surface area contributed by atoms with Crippen LogP contribution in [0.3, 0.4) is 0 Å². The number of aromatic nitrogens is 1. The van der Waals surface area contributed by atoms with Gasteiger partial charge >= 0.3 is 11.3 Å². The molecule has 0 radical (unpaired) electrons. The molecule has 7 nitrogen and oxygen atoms in total. The molecule has 1 aromatic rings. The van der Waals surface area contributed by atoms with Gasteiger partial charge in [0.25, 0.3) is 0 Å². The van der Waals surface area contributed by atoms with Gasteiger partial charge in [0, 0.05) is 18.5 Å². The number of carbonyl (C=O) groups is 2. The van der Waals surface area contributed by atoms with E-state index in [0.29, 0.717) is 17.7 Å². The summed E-state index contributed by atoms with van der Waals surface area (Å²) in [6, 6.07) is 1.12. The summed E-state index contributed by atoms with van der Waals surface area (Å²) in [5, 5.41) is 5.60. The van der Waals surface area contributed by atoms with Gasteiger partial charge < -0.3 is 14.6 Å². The van der Waals surface area contributed by atoms with Gasteiger partial charge in [-0.2, -0.15) is 0 Å². The molecule has 0 fully saturated rings. The van der Waals surface area contributed by atoms with Crippen LogP contribution in [0.15, 0.2) is 10.6 Å². The fraction of sp³-hybridized carbons (Fsp3) is 0.545. The average molecular weight is 287 g/mol. The second kappa shape index (κ2) is 5.96. The van der Waals surface area contributed by atoms with Crippen molar-refractivity contribution in [3.8, 4) is 0 Å². The number of hydrogen-bond donors (Lipinski definition) is 1. The third-order valence-electron chi connectivity index (χ3n) is 2.18. The molecule has 0 aromatic carbocycles. The molecule has 1 rings (SSSR count). The number of anilines is 1. The standard InChI is InChI=1S/C11H17N3O4S/c1-11(2,3)7-6-8(13-18-7)14(9(15)12-4)19-10(16)17-5/h6H,1-5H3,(H,12,15). The van der Waals surface area contributed by atoms with Crippen molar-refractivity contribution in [1.29, 1.82) is 0 Å². The smallest absolute Gasteiger partial charge is 0.388 e. The van der Waals surface area contributed by atoms with Crippen LogP contribution in [0.5, 0.6) is 0 Å². The molecule has 0 atom stereocenters. The van der Waals surface area contributed by atoms with Crippen molar-refractivity contribution in [2.24, 2.45) is 0 Å². The van der Waals surface area contributed by atoms with E-state index in [1.54, 1.807) is 6.07 Å². The minimum atomic E-state index is -0.621. The maximum absolute atomic E-state index is 11.7. The molecule has 0 saturated heterocycles. The molecular weight excluding hydrogens is 270 g/mol. The second-order valence-corrected chi connectivity index (χ2v) is 5.58. The van der Waals surface area contributed by atoms with E-state index in [1.807, 2.05) is 20.8 Å². The Kier molecular flexibility index (Phi) is 4.82. The number of amides is 2. The van der Waals surface area contributed by atoms with E-state index >= 15 is 0 Å². The van der Waals surface area contributed by atoms with Crippen LogP contribution in [0.25, 0.3) is 0 Å². The Morgan fingerprint density at radius 2 is 2.11 bits per heavy atom. The van der Waals surface area contributed by atoms with Crippen LogP contribution in [0.2, 0.25) is 0 Å². The Labute approximate surface area is 115 Å². The molecule has 0 aliphatic carbocycles. The first-order valence-electron chi connectivity index (χ1n) is 5.54. The van der Waals surface area contributed by atoms with E-state index in [-0.39, 0.29) is 11.2 Å². The molecule has 2 amide bonds. The van der Waals surface area contributed by atoms with Crippen LogP contribution in [0, 0.1) is 0 Å². The normalized spacial score (nSPS) is 11.0. The van der Waals surface area contributed by atoms with Gasteiger partial charge in [0.15, 0.2) is 5.82 Å². The summed E-state index contributed by atoms with van der Waals surface area (Å²) in [6.07, 6.45) is 0. The van der Waals surface area contributed by atoms with Crippen molar-refractivity contribution in [1.82, 2.24) is 10.5 Å². The molecule has 1 aromatic heterocycles. The Morgan fingerprint density at radius 1 is 1.47 bits per heavy atom. The quantitative estimate of drug-likeness (QED) is 0.631. The number of hydrogen-bond acceptors (Lipinski definition) is 6. The SMILES string of the molecule is CNC(=O)N(SC(=O)OC)c1cc(C(C)(C)C)on1. The highest BCUT2D eigenvalue weighted by atomic mass is 32.2. The monoisotopic (exact) mass is 287 g/mol. The zero-order chi connectivity index (χ0) is 14.6. The minimum Gasteiger partial charge on any atom is -0.460 e. The van der Waals surface area contributed by atoms with Gasteiger partial charge in [-0.3, -0.25) is 0 Å². The highest BCUT2D eigenvalue weighted by molar-refractivity contribution is 8.15. The third-order valence-corrected chi connectivity index (χ3v) is 3.03.